The van der Waals surface area contributed by atoms with Gasteiger partial charge < -0.3 is 25.0 Å². The quantitative estimate of drug-likeness (QED) is 0.697. The minimum absolute atomic E-state index is 0.112. The van der Waals surface area contributed by atoms with Crippen LogP contribution in [0, 0.1) is 0 Å². The second-order valence-electron chi connectivity index (χ2n) is 7.25. The molecule has 30 heavy (non-hydrogen) atoms. The molecule has 0 fully saturated rings. The lowest BCUT2D eigenvalue weighted by atomic mass is 10.1. The average molecular weight is 412 g/mol. The van der Waals surface area contributed by atoms with Crippen molar-refractivity contribution in [3.8, 4) is 11.5 Å². The molecule has 2 N–H and O–H groups in total. The predicted octanol–water partition coefficient (Wildman–Crippen LogP) is 3.21. The number of rotatable bonds is 8. The molecule has 0 saturated heterocycles. The molecule has 1 heterocycles. The van der Waals surface area contributed by atoms with E-state index in [1.54, 1.807) is 31.4 Å². The lowest BCUT2D eigenvalue weighted by Crippen LogP contribution is -2.52. The molecule has 1 aliphatic rings. The van der Waals surface area contributed by atoms with Crippen LogP contribution in [0.1, 0.15) is 26.7 Å². The number of para-hydroxylation sites is 2. The summed E-state index contributed by atoms with van der Waals surface area (Å²) >= 11 is 0. The van der Waals surface area contributed by atoms with Gasteiger partial charge in [-0.1, -0.05) is 26.0 Å². The molecule has 0 radical (unpaired) electrons. The van der Waals surface area contributed by atoms with Gasteiger partial charge in [0.25, 0.3) is 5.91 Å². The normalized spacial score (nSPS) is 15.2. The highest BCUT2D eigenvalue weighted by molar-refractivity contribution is 5.95. The van der Waals surface area contributed by atoms with Crippen LogP contribution in [0.25, 0.3) is 0 Å². The number of hydrogen-bond donors (Lipinski definition) is 2. The van der Waals surface area contributed by atoms with Crippen LogP contribution in [0.2, 0.25) is 0 Å². The lowest BCUT2D eigenvalue weighted by molar-refractivity contribution is -0.129. The van der Waals surface area contributed by atoms with E-state index in [9.17, 15) is 9.59 Å². The molecular formula is C23H29N3O4. The Morgan fingerprint density at radius 3 is 2.50 bits per heavy atom. The number of carbonyl (C=O) groups excluding carboxylic acids is 2. The fraction of sp³-hybridized carbons (Fsp3) is 0.391. The van der Waals surface area contributed by atoms with Crippen molar-refractivity contribution < 1.29 is 19.1 Å². The standard InChI is InChI=1S/C23H29N3O4/c1-4-16(5-2)25-23(28)21-14-26(19-8-6-7-9-20(19)30-21)15-22(27)24-17-10-12-18(29-3)13-11-17/h6-13,16,21H,4-5,14-15H2,1-3H3,(H,24,27)(H,25,28). The molecule has 0 spiro atoms. The fourth-order valence-corrected chi connectivity index (χ4v) is 3.43. The highest BCUT2D eigenvalue weighted by Crippen LogP contribution is 2.33. The van der Waals surface area contributed by atoms with E-state index in [0.717, 1.165) is 24.3 Å². The van der Waals surface area contributed by atoms with Crippen LogP contribution in [0.4, 0.5) is 11.4 Å². The second kappa shape index (κ2) is 10.0. The Balaban J connectivity index is 1.70. The lowest BCUT2D eigenvalue weighted by Gasteiger charge is -2.35. The minimum atomic E-state index is -0.672. The van der Waals surface area contributed by atoms with Crippen LogP contribution < -0.4 is 25.0 Å². The van der Waals surface area contributed by atoms with E-state index < -0.39 is 6.10 Å². The first kappa shape index (κ1) is 21.5. The minimum Gasteiger partial charge on any atom is -0.497 e. The molecule has 0 saturated carbocycles. The maximum Gasteiger partial charge on any atom is 0.263 e. The summed E-state index contributed by atoms with van der Waals surface area (Å²) in [6.07, 6.45) is 1.05. The first-order chi connectivity index (χ1) is 14.5. The van der Waals surface area contributed by atoms with Crippen LogP contribution in [0.5, 0.6) is 11.5 Å². The van der Waals surface area contributed by atoms with E-state index in [1.807, 2.05) is 43.0 Å². The highest BCUT2D eigenvalue weighted by atomic mass is 16.5. The molecule has 1 unspecified atom stereocenters. The molecule has 0 bridgehead atoms. The summed E-state index contributed by atoms with van der Waals surface area (Å²) in [7, 11) is 1.60. The van der Waals surface area contributed by atoms with Crippen molar-refractivity contribution in [3.63, 3.8) is 0 Å². The van der Waals surface area contributed by atoms with Crippen LogP contribution in [-0.2, 0) is 9.59 Å². The SMILES string of the molecule is CCC(CC)NC(=O)C1CN(CC(=O)Nc2ccc(OC)cc2)c2ccccc2O1. The van der Waals surface area contributed by atoms with Gasteiger partial charge >= 0.3 is 0 Å². The van der Waals surface area contributed by atoms with E-state index in [1.165, 1.54) is 0 Å². The molecule has 1 aliphatic heterocycles. The Labute approximate surface area is 177 Å². The number of anilines is 2. The van der Waals surface area contributed by atoms with Gasteiger partial charge in [0.15, 0.2) is 6.10 Å². The van der Waals surface area contributed by atoms with Crippen molar-refractivity contribution in [1.29, 1.82) is 0 Å². The van der Waals surface area contributed by atoms with Gasteiger partial charge in [-0.15, -0.1) is 0 Å². The van der Waals surface area contributed by atoms with E-state index >= 15 is 0 Å². The van der Waals surface area contributed by atoms with Gasteiger partial charge in [0.05, 0.1) is 25.9 Å². The van der Waals surface area contributed by atoms with Gasteiger partial charge in [-0.2, -0.15) is 0 Å². The summed E-state index contributed by atoms with van der Waals surface area (Å²) in [4.78, 5) is 27.3. The van der Waals surface area contributed by atoms with Crippen molar-refractivity contribution in [2.24, 2.45) is 0 Å². The van der Waals surface area contributed by atoms with Gasteiger partial charge in [-0.3, -0.25) is 9.59 Å². The Bertz CT molecular complexity index is 865. The van der Waals surface area contributed by atoms with Crippen LogP contribution >= 0.6 is 0 Å². The van der Waals surface area contributed by atoms with Crippen LogP contribution in [-0.4, -0.2) is 44.2 Å². The van der Waals surface area contributed by atoms with Crippen molar-refractivity contribution in [2.75, 3.05) is 30.4 Å². The Morgan fingerprint density at radius 2 is 1.83 bits per heavy atom. The smallest absolute Gasteiger partial charge is 0.263 e. The summed E-state index contributed by atoms with van der Waals surface area (Å²) in [6.45, 7) is 4.50. The molecular weight excluding hydrogens is 382 g/mol. The first-order valence-corrected chi connectivity index (χ1v) is 10.3. The third-order valence-corrected chi connectivity index (χ3v) is 5.19. The number of carbonyl (C=O) groups is 2. The van der Waals surface area contributed by atoms with Gasteiger partial charge in [0.2, 0.25) is 5.91 Å². The zero-order valence-electron chi connectivity index (χ0n) is 17.7. The Hall–Kier alpha value is -3.22. The third kappa shape index (κ3) is 5.23. The van der Waals surface area contributed by atoms with E-state index in [2.05, 4.69) is 10.6 Å². The monoisotopic (exact) mass is 411 g/mol. The van der Waals surface area contributed by atoms with Crippen molar-refractivity contribution in [3.05, 3.63) is 48.5 Å². The molecule has 0 aliphatic carbocycles. The summed E-state index contributed by atoms with van der Waals surface area (Å²) in [5, 5.41) is 5.93. The van der Waals surface area contributed by atoms with Crippen molar-refractivity contribution >= 4 is 23.2 Å². The molecule has 7 heteroatoms. The zero-order chi connectivity index (χ0) is 21.5. The van der Waals surface area contributed by atoms with Gasteiger partial charge in [0, 0.05) is 11.7 Å². The molecule has 160 valence electrons. The molecule has 7 nitrogen and oxygen atoms in total. The molecule has 3 rings (SSSR count). The molecule has 0 aromatic heterocycles. The number of amides is 2. The van der Waals surface area contributed by atoms with E-state index in [4.69, 9.17) is 9.47 Å². The van der Waals surface area contributed by atoms with Crippen molar-refractivity contribution in [1.82, 2.24) is 5.32 Å². The topological polar surface area (TPSA) is 79.9 Å². The average Bonchev–Trinajstić information content (AvgIpc) is 2.77. The maximum absolute atomic E-state index is 12.7. The molecule has 2 aromatic carbocycles. The van der Waals surface area contributed by atoms with Gasteiger partial charge in [0.1, 0.15) is 11.5 Å². The largest absolute Gasteiger partial charge is 0.497 e. The number of nitrogens with one attached hydrogen (secondary N) is 2. The van der Waals surface area contributed by atoms with E-state index in [-0.39, 0.29) is 24.4 Å². The number of fused-ring (bicyclic) bond motifs is 1. The molecule has 2 aromatic rings. The van der Waals surface area contributed by atoms with Crippen LogP contribution in [0.3, 0.4) is 0 Å². The summed E-state index contributed by atoms with van der Waals surface area (Å²) in [5.41, 5.74) is 1.49. The summed E-state index contributed by atoms with van der Waals surface area (Å²) in [5.74, 6) is 1.00. The second-order valence-corrected chi connectivity index (χ2v) is 7.25. The highest BCUT2D eigenvalue weighted by Gasteiger charge is 2.32. The zero-order valence-corrected chi connectivity index (χ0v) is 17.7. The van der Waals surface area contributed by atoms with E-state index in [0.29, 0.717) is 18.0 Å². The van der Waals surface area contributed by atoms with Crippen LogP contribution in [0.15, 0.2) is 48.5 Å². The van der Waals surface area contributed by atoms with Gasteiger partial charge in [-0.05, 0) is 49.2 Å². The number of hydrogen-bond acceptors (Lipinski definition) is 5. The summed E-state index contributed by atoms with van der Waals surface area (Å²) in [6, 6.07) is 14.7. The molecule has 1 atom stereocenters. The predicted molar refractivity (Wildman–Crippen MR) is 117 cm³/mol. The first-order valence-electron chi connectivity index (χ1n) is 10.3. The number of methoxy groups -OCH3 is 1. The Morgan fingerprint density at radius 1 is 1.13 bits per heavy atom. The molecule has 2 amide bonds. The fourth-order valence-electron chi connectivity index (χ4n) is 3.43. The van der Waals surface area contributed by atoms with Gasteiger partial charge in [-0.25, -0.2) is 0 Å². The number of ether oxygens (including phenoxy) is 2. The third-order valence-electron chi connectivity index (χ3n) is 5.19. The number of benzene rings is 2. The summed E-state index contributed by atoms with van der Waals surface area (Å²) < 4.78 is 11.1. The number of nitrogens with zero attached hydrogens (tertiary/aromatic N) is 1. The maximum atomic E-state index is 12.7. The Kier molecular flexibility index (Phi) is 7.17. The van der Waals surface area contributed by atoms with Crippen molar-refractivity contribution in [2.45, 2.75) is 38.8 Å².